The van der Waals surface area contributed by atoms with Crippen molar-refractivity contribution in [3.8, 4) is 0 Å². The van der Waals surface area contributed by atoms with Crippen molar-refractivity contribution < 1.29 is 9.22 Å². The van der Waals surface area contributed by atoms with Gasteiger partial charge in [0.05, 0.1) is 0 Å². The zero-order valence-corrected chi connectivity index (χ0v) is 11.1. The Labute approximate surface area is 82.2 Å². The lowest BCUT2D eigenvalue weighted by molar-refractivity contribution is -0.139. The Balaban J connectivity index is 4.74. The Hall–Kier alpha value is -0.0231. The molecule has 0 unspecified atom stereocenters. The van der Waals surface area contributed by atoms with Gasteiger partial charge in [-0.25, -0.2) is 0 Å². The number of hydrogen-bond acceptors (Lipinski definition) is 2. The first-order chi connectivity index (χ1) is 5.37. The van der Waals surface area contributed by atoms with Crippen LogP contribution in [0.2, 0.25) is 0 Å². The molecule has 0 radical (unpaired) electrons. The predicted octanol–water partition coefficient (Wildman–Crippen LogP) is 1.10. The van der Waals surface area contributed by atoms with Crippen LogP contribution in [0, 0.1) is 11.8 Å². The smallest absolute Gasteiger partial charge is 0.313 e. The molecule has 0 amide bonds. The molecule has 0 aliphatic rings. The predicted molar refractivity (Wildman–Crippen MR) is 54.3 cm³/mol. The molecule has 0 bridgehead atoms. The van der Waals surface area contributed by atoms with E-state index in [1.54, 1.807) is 0 Å². The molecule has 0 aromatic rings. The molecule has 0 aliphatic heterocycles. The molecule has 0 spiro atoms. The molecule has 0 N–H and O–H groups in total. The van der Waals surface area contributed by atoms with E-state index >= 15 is 0 Å². The molecule has 0 atom stereocenters. The van der Waals surface area contributed by atoms with Crippen LogP contribution in [0.1, 0.15) is 27.7 Å². The molecule has 72 valence electrons. The number of carbonyl (C=O) groups excluding carboxylic acids is 1. The van der Waals surface area contributed by atoms with Crippen LogP contribution in [0.4, 0.5) is 0 Å². The zero-order chi connectivity index (χ0) is 9.94. The Morgan fingerprint density at radius 3 is 1.75 bits per heavy atom. The maximum atomic E-state index is 11.4. The van der Waals surface area contributed by atoms with Gasteiger partial charge in [-0.05, 0) is 11.8 Å². The van der Waals surface area contributed by atoms with Gasteiger partial charge in [-0.3, -0.25) is 4.79 Å². The SMILES string of the molecule is CC(C)C(Cl)(C(=O)O[SiH3])C(C)C. The average Bonchev–Trinajstić information content (AvgIpc) is 2.00. The maximum absolute atomic E-state index is 11.4. The lowest BCUT2D eigenvalue weighted by atomic mass is 9.85. The van der Waals surface area contributed by atoms with Crippen LogP contribution in [0.5, 0.6) is 0 Å². The van der Waals surface area contributed by atoms with Crippen LogP contribution in [0.3, 0.4) is 0 Å². The van der Waals surface area contributed by atoms with Gasteiger partial charge in [-0.1, -0.05) is 27.7 Å². The molecule has 0 fully saturated rings. The van der Waals surface area contributed by atoms with Gasteiger partial charge in [0.2, 0.25) is 10.5 Å². The van der Waals surface area contributed by atoms with Crippen LogP contribution >= 0.6 is 11.6 Å². The highest BCUT2D eigenvalue weighted by Gasteiger charge is 2.43. The first kappa shape index (κ1) is 12.0. The summed E-state index contributed by atoms with van der Waals surface area (Å²) in [4.78, 5) is 10.6. The molecule has 0 heterocycles. The van der Waals surface area contributed by atoms with E-state index in [9.17, 15) is 4.79 Å². The molecular formula is C8H17ClO2Si. The van der Waals surface area contributed by atoms with Crippen molar-refractivity contribution >= 4 is 28.1 Å². The highest BCUT2D eigenvalue weighted by Crippen LogP contribution is 2.34. The van der Waals surface area contributed by atoms with Gasteiger partial charge in [0, 0.05) is 0 Å². The third kappa shape index (κ3) is 2.01. The second kappa shape index (κ2) is 4.28. The van der Waals surface area contributed by atoms with Crippen LogP contribution in [0.25, 0.3) is 0 Å². The van der Waals surface area contributed by atoms with E-state index in [-0.39, 0.29) is 17.8 Å². The fourth-order valence-corrected chi connectivity index (χ4v) is 1.84. The molecule has 0 aliphatic carbocycles. The second-order valence-corrected chi connectivity index (χ2v) is 4.60. The number of rotatable bonds is 3. The second-order valence-electron chi connectivity index (χ2n) is 3.57. The Morgan fingerprint density at radius 2 is 1.67 bits per heavy atom. The lowest BCUT2D eigenvalue weighted by Gasteiger charge is -2.32. The largest absolute Gasteiger partial charge is 0.527 e. The minimum absolute atomic E-state index is 0.0978. The van der Waals surface area contributed by atoms with Crippen molar-refractivity contribution in [3.63, 3.8) is 0 Å². The Kier molecular flexibility index (Phi) is 4.27. The summed E-state index contributed by atoms with van der Waals surface area (Å²) in [7, 11) is 0.411. The summed E-state index contributed by atoms with van der Waals surface area (Å²) >= 11 is 6.21. The number of alkyl halides is 1. The van der Waals surface area contributed by atoms with E-state index in [0.29, 0.717) is 10.5 Å². The number of hydrogen-bond donors (Lipinski definition) is 0. The standard InChI is InChI=1S/C8H17ClO2Si/c1-5(2)8(9,6(3)4)7(10)11-12/h5-6H,1-4,12H3. The van der Waals surface area contributed by atoms with Gasteiger partial charge in [-0.15, -0.1) is 11.6 Å². The van der Waals surface area contributed by atoms with E-state index in [0.717, 1.165) is 0 Å². The lowest BCUT2D eigenvalue weighted by Crippen LogP contribution is -2.44. The molecule has 4 heteroatoms. The summed E-state index contributed by atoms with van der Waals surface area (Å²) in [6.07, 6.45) is 0. The van der Waals surface area contributed by atoms with Crippen LogP contribution in [-0.4, -0.2) is 21.3 Å². The summed E-state index contributed by atoms with van der Waals surface area (Å²) in [5.41, 5.74) is 0. The van der Waals surface area contributed by atoms with Gasteiger partial charge in [0.25, 0.3) is 0 Å². The van der Waals surface area contributed by atoms with Crippen molar-refractivity contribution in [3.05, 3.63) is 0 Å². The first-order valence-electron chi connectivity index (χ1n) is 4.14. The normalized spacial score (nSPS) is 12.6. The van der Waals surface area contributed by atoms with Gasteiger partial charge < -0.3 is 4.43 Å². The summed E-state index contributed by atoms with van der Waals surface area (Å²) < 4.78 is 4.81. The van der Waals surface area contributed by atoms with Crippen molar-refractivity contribution in [2.75, 3.05) is 0 Å². The van der Waals surface area contributed by atoms with Gasteiger partial charge in [0.1, 0.15) is 4.87 Å². The van der Waals surface area contributed by atoms with Gasteiger partial charge in [0.15, 0.2) is 0 Å². The molecule has 0 aromatic carbocycles. The quantitative estimate of drug-likeness (QED) is 0.513. The van der Waals surface area contributed by atoms with Gasteiger partial charge >= 0.3 is 5.97 Å². The summed E-state index contributed by atoms with van der Waals surface area (Å²) in [6, 6.07) is 0. The fourth-order valence-electron chi connectivity index (χ4n) is 1.29. The van der Waals surface area contributed by atoms with E-state index < -0.39 is 4.87 Å². The minimum Gasteiger partial charge on any atom is -0.527 e. The Bertz CT molecular complexity index is 160. The maximum Gasteiger partial charge on any atom is 0.313 e. The fraction of sp³-hybridized carbons (Fsp3) is 0.875. The summed E-state index contributed by atoms with van der Waals surface area (Å²) in [6.45, 7) is 7.74. The molecule has 2 nitrogen and oxygen atoms in total. The zero-order valence-electron chi connectivity index (χ0n) is 8.35. The first-order valence-corrected chi connectivity index (χ1v) is 5.34. The summed E-state index contributed by atoms with van der Waals surface area (Å²) in [5, 5.41) is 0. The van der Waals surface area contributed by atoms with E-state index in [1.807, 2.05) is 27.7 Å². The highest BCUT2D eigenvalue weighted by atomic mass is 35.5. The van der Waals surface area contributed by atoms with Crippen LogP contribution in [-0.2, 0) is 9.22 Å². The minimum atomic E-state index is -0.845. The van der Waals surface area contributed by atoms with E-state index in [2.05, 4.69) is 0 Å². The molecule has 0 aromatic heterocycles. The van der Waals surface area contributed by atoms with E-state index in [1.165, 1.54) is 0 Å². The third-order valence-corrected chi connectivity index (χ3v) is 3.58. The highest BCUT2D eigenvalue weighted by molar-refractivity contribution is 6.35. The molecule has 0 saturated heterocycles. The number of carbonyl (C=O) groups is 1. The molecule has 12 heavy (non-hydrogen) atoms. The van der Waals surface area contributed by atoms with Crippen LogP contribution in [0.15, 0.2) is 0 Å². The number of halogens is 1. The van der Waals surface area contributed by atoms with Crippen molar-refractivity contribution in [1.29, 1.82) is 0 Å². The van der Waals surface area contributed by atoms with Crippen LogP contribution < -0.4 is 0 Å². The molecule has 0 saturated carbocycles. The van der Waals surface area contributed by atoms with Crippen molar-refractivity contribution in [2.24, 2.45) is 11.8 Å². The topological polar surface area (TPSA) is 26.3 Å². The van der Waals surface area contributed by atoms with Crippen molar-refractivity contribution in [2.45, 2.75) is 32.6 Å². The van der Waals surface area contributed by atoms with Crippen molar-refractivity contribution in [1.82, 2.24) is 0 Å². The average molecular weight is 209 g/mol. The molecular weight excluding hydrogens is 192 g/mol. The van der Waals surface area contributed by atoms with Gasteiger partial charge in [-0.2, -0.15) is 0 Å². The van der Waals surface area contributed by atoms with E-state index in [4.69, 9.17) is 16.0 Å². The monoisotopic (exact) mass is 208 g/mol. The summed E-state index contributed by atoms with van der Waals surface area (Å²) in [5.74, 6) is -0.0814. The Morgan fingerprint density at radius 1 is 1.33 bits per heavy atom. The third-order valence-electron chi connectivity index (χ3n) is 2.18. The molecule has 0 rings (SSSR count).